The number of H-pyrrole nitrogens is 1. The summed E-state index contributed by atoms with van der Waals surface area (Å²) in [5.74, 6) is -4.40. The van der Waals surface area contributed by atoms with Gasteiger partial charge in [-0.1, -0.05) is 42.5 Å². The van der Waals surface area contributed by atoms with Crippen molar-refractivity contribution in [1.29, 1.82) is 0 Å². The Kier molecular flexibility index (Phi) is 6.65. The Labute approximate surface area is 268 Å². The van der Waals surface area contributed by atoms with Crippen molar-refractivity contribution >= 4 is 28.6 Å². The molecule has 4 fully saturated rings. The number of carbonyl (C=O) groups excluding carboxylic acids is 3. The summed E-state index contributed by atoms with van der Waals surface area (Å²) in [7, 11) is 1.80. The minimum Gasteiger partial charge on any atom is -0.351 e. The molecule has 47 heavy (non-hydrogen) atoms. The van der Waals surface area contributed by atoms with Gasteiger partial charge in [-0.05, 0) is 62.4 Å². The third-order valence-electron chi connectivity index (χ3n) is 11.0. The van der Waals surface area contributed by atoms with Gasteiger partial charge in [-0.15, -0.1) is 0 Å². The number of aromatic nitrogens is 1. The summed E-state index contributed by atoms with van der Waals surface area (Å²) in [5.41, 5.74) is -0.430. The van der Waals surface area contributed by atoms with Crippen LogP contribution in [0.4, 0.5) is 13.2 Å². The standard InChI is InChI=1S/C34H36F3N5O5/c1-32(31(45)42-25(14-18-8-4-3-5-9-18)30(44)41-13-7-12-26(41)34(42,46)47-32)39-29(43)19-15-21-20-10-6-11-23-27(20)22(16-24(21)40(2)17-19)28(38-23)33(35,36)37/h3-6,8-11,19,21,24-26,38,46H,7,12-17H2,1-2H3,(H,39,43)/t19-,21?,24?,25+,26?,32-,34+/m1/s1. The Hall–Kier alpha value is -3.94. The molecule has 0 saturated carbocycles. The maximum absolute atomic E-state index is 14.2. The number of hydrogen-bond acceptors (Lipinski definition) is 6. The molecule has 3 amide bonds. The number of hydrogen-bond donors (Lipinski definition) is 3. The van der Waals surface area contributed by atoms with Gasteiger partial charge in [0.1, 0.15) is 17.8 Å². The van der Waals surface area contributed by atoms with Crippen molar-refractivity contribution in [2.45, 2.75) is 80.9 Å². The Morgan fingerprint density at radius 1 is 1.15 bits per heavy atom. The number of ether oxygens (including phenoxy) is 1. The molecule has 0 radical (unpaired) electrons. The summed E-state index contributed by atoms with van der Waals surface area (Å²) in [6, 6.07) is 12.4. The summed E-state index contributed by atoms with van der Waals surface area (Å²) in [4.78, 5) is 49.2. The molecule has 5 heterocycles. The van der Waals surface area contributed by atoms with Crippen LogP contribution in [0.5, 0.6) is 0 Å². The van der Waals surface area contributed by atoms with Crippen LogP contribution in [0.3, 0.4) is 0 Å². The van der Waals surface area contributed by atoms with Crippen LogP contribution < -0.4 is 5.32 Å². The first-order valence-corrected chi connectivity index (χ1v) is 16.1. The first-order valence-electron chi connectivity index (χ1n) is 16.1. The fourth-order valence-corrected chi connectivity index (χ4v) is 8.98. The third-order valence-corrected chi connectivity index (χ3v) is 11.0. The SMILES string of the molecule is CN1C[C@H](C(=O)N[C@]2(C)O[C@@]3(O)C4CCCN4C(=O)[C@H](Cc4ccccc4)N3C2=O)CC2c3cccc4[nH]c(C(F)(F)F)c(c34)CC21. The van der Waals surface area contributed by atoms with Crippen molar-refractivity contribution in [3.63, 3.8) is 0 Å². The molecular weight excluding hydrogens is 615 g/mol. The number of halogens is 3. The molecule has 248 valence electrons. The van der Waals surface area contributed by atoms with Crippen LogP contribution in [0.15, 0.2) is 48.5 Å². The van der Waals surface area contributed by atoms with E-state index in [2.05, 4.69) is 10.3 Å². The van der Waals surface area contributed by atoms with Gasteiger partial charge in [-0.25, -0.2) is 0 Å². The van der Waals surface area contributed by atoms with Gasteiger partial charge in [0.2, 0.25) is 17.5 Å². The quantitative estimate of drug-likeness (QED) is 0.399. The van der Waals surface area contributed by atoms with Crippen molar-refractivity contribution < 1.29 is 37.4 Å². The molecule has 3 aromatic rings. The average Bonchev–Trinajstić information content (AvgIpc) is 3.72. The summed E-state index contributed by atoms with van der Waals surface area (Å²) >= 11 is 0. The topological polar surface area (TPSA) is 118 Å². The van der Waals surface area contributed by atoms with Crippen LogP contribution in [0.25, 0.3) is 10.9 Å². The van der Waals surface area contributed by atoms with E-state index in [0.29, 0.717) is 36.7 Å². The van der Waals surface area contributed by atoms with Gasteiger partial charge in [0.15, 0.2) is 0 Å². The number of aromatic amines is 1. The second kappa shape index (κ2) is 10.3. The number of fused-ring (bicyclic) bond motifs is 5. The molecule has 1 aliphatic carbocycles. The maximum atomic E-state index is 14.2. The fraction of sp³-hybridized carbons (Fsp3) is 0.500. The number of piperidine rings is 1. The van der Waals surface area contributed by atoms with Gasteiger partial charge in [-0.2, -0.15) is 13.2 Å². The highest BCUT2D eigenvalue weighted by atomic mass is 19.4. The van der Waals surface area contributed by atoms with Crippen LogP contribution in [-0.2, 0) is 38.1 Å². The number of nitrogens with one attached hydrogen (secondary N) is 2. The lowest BCUT2D eigenvalue weighted by Gasteiger charge is -2.48. The molecule has 2 aromatic carbocycles. The van der Waals surface area contributed by atoms with Gasteiger partial charge in [0, 0.05) is 42.4 Å². The molecule has 4 saturated heterocycles. The van der Waals surface area contributed by atoms with E-state index < -0.39 is 53.3 Å². The van der Waals surface area contributed by atoms with Gasteiger partial charge >= 0.3 is 6.18 Å². The Morgan fingerprint density at radius 3 is 2.66 bits per heavy atom. The molecular formula is C34H36F3N5O5. The highest BCUT2D eigenvalue weighted by Crippen LogP contribution is 2.49. The molecule has 13 heteroatoms. The lowest BCUT2D eigenvalue weighted by atomic mass is 9.72. The van der Waals surface area contributed by atoms with Gasteiger partial charge in [0.25, 0.3) is 11.8 Å². The van der Waals surface area contributed by atoms with Crippen molar-refractivity contribution in [1.82, 2.24) is 25.0 Å². The summed E-state index contributed by atoms with van der Waals surface area (Å²) in [6.07, 6.45) is -2.72. The minimum absolute atomic E-state index is 0.170. The predicted molar refractivity (Wildman–Crippen MR) is 162 cm³/mol. The van der Waals surface area contributed by atoms with Gasteiger partial charge in [-0.3, -0.25) is 24.0 Å². The first kappa shape index (κ1) is 30.4. The zero-order valence-corrected chi connectivity index (χ0v) is 26.0. The molecule has 1 aromatic heterocycles. The van der Waals surface area contributed by atoms with E-state index in [1.165, 1.54) is 6.92 Å². The van der Waals surface area contributed by atoms with E-state index in [4.69, 9.17) is 4.74 Å². The molecule has 3 N–H and O–H groups in total. The zero-order chi connectivity index (χ0) is 33.0. The van der Waals surface area contributed by atoms with Crippen LogP contribution in [-0.4, -0.2) is 92.4 Å². The molecule has 4 aliphatic heterocycles. The van der Waals surface area contributed by atoms with Gasteiger partial charge < -0.3 is 25.2 Å². The van der Waals surface area contributed by atoms with E-state index >= 15 is 0 Å². The number of benzene rings is 2. The molecule has 0 bridgehead atoms. The lowest BCUT2D eigenvalue weighted by Crippen LogP contribution is -2.71. The van der Waals surface area contributed by atoms with E-state index in [1.807, 2.05) is 41.3 Å². The minimum atomic E-state index is -4.52. The largest absolute Gasteiger partial charge is 0.431 e. The molecule has 3 unspecified atom stereocenters. The van der Waals surface area contributed by atoms with E-state index in [9.17, 15) is 32.7 Å². The predicted octanol–water partition coefficient (Wildman–Crippen LogP) is 3.10. The van der Waals surface area contributed by atoms with E-state index in [1.54, 1.807) is 24.1 Å². The van der Waals surface area contributed by atoms with Crippen LogP contribution in [0, 0.1) is 5.92 Å². The fourth-order valence-electron chi connectivity index (χ4n) is 8.98. The maximum Gasteiger partial charge on any atom is 0.431 e. The second-order valence-corrected chi connectivity index (χ2v) is 13.8. The summed E-state index contributed by atoms with van der Waals surface area (Å²) < 4.78 is 48.1. The number of carbonyl (C=O) groups is 3. The van der Waals surface area contributed by atoms with Crippen molar-refractivity contribution in [3.05, 3.63) is 70.9 Å². The van der Waals surface area contributed by atoms with Crippen molar-refractivity contribution in [2.24, 2.45) is 5.92 Å². The van der Waals surface area contributed by atoms with E-state index in [-0.39, 0.29) is 42.8 Å². The van der Waals surface area contributed by atoms with Crippen LogP contribution >= 0.6 is 0 Å². The van der Waals surface area contributed by atoms with E-state index in [0.717, 1.165) is 16.0 Å². The molecule has 0 spiro atoms. The molecule has 10 nitrogen and oxygen atoms in total. The monoisotopic (exact) mass is 651 g/mol. The zero-order valence-electron chi connectivity index (χ0n) is 26.0. The summed E-state index contributed by atoms with van der Waals surface area (Å²) in [6.45, 7) is 2.10. The lowest BCUT2D eigenvalue weighted by molar-refractivity contribution is -0.315. The number of aliphatic hydroxyl groups is 1. The number of nitrogens with zero attached hydrogens (tertiary/aromatic N) is 3. The number of rotatable bonds is 4. The Morgan fingerprint density at radius 2 is 1.91 bits per heavy atom. The van der Waals surface area contributed by atoms with Crippen LogP contribution in [0.2, 0.25) is 0 Å². The Bertz CT molecular complexity index is 1800. The highest BCUT2D eigenvalue weighted by molar-refractivity contribution is 5.97. The van der Waals surface area contributed by atoms with Gasteiger partial charge in [0.05, 0.1) is 5.92 Å². The van der Waals surface area contributed by atoms with Crippen molar-refractivity contribution in [2.75, 3.05) is 20.1 Å². The first-order chi connectivity index (χ1) is 22.3. The number of likely N-dealkylation sites (tertiary alicyclic amines) is 1. The number of likely N-dealkylation sites (N-methyl/N-ethyl adjacent to an activating group) is 1. The molecule has 5 aliphatic rings. The number of alkyl halides is 3. The summed E-state index contributed by atoms with van der Waals surface area (Å²) in [5, 5.41) is 15.4. The second-order valence-electron chi connectivity index (χ2n) is 13.8. The van der Waals surface area contributed by atoms with Crippen molar-refractivity contribution in [3.8, 4) is 0 Å². The Balaban J connectivity index is 1.08. The average molecular weight is 652 g/mol. The number of piperazine rings is 1. The smallest absolute Gasteiger partial charge is 0.351 e. The number of amides is 3. The third kappa shape index (κ3) is 4.46. The molecule has 7 atom stereocenters. The normalized spacial score (nSPS) is 33.6. The van der Waals surface area contributed by atoms with Crippen LogP contribution in [0.1, 0.15) is 54.5 Å². The molecule has 8 rings (SSSR count). The highest BCUT2D eigenvalue weighted by Gasteiger charge is 2.70.